The topological polar surface area (TPSA) is 0 Å². The van der Waals surface area contributed by atoms with Crippen molar-refractivity contribution in [3.63, 3.8) is 0 Å². The molecule has 0 fully saturated rings. The maximum absolute atomic E-state index is 13.8. The van der Waals surface area contributed by atoms with E-state index in [1.807, 2.05) is 24.3 Å². The van der Waals surface area contributed by atoms with Gasteiger partial charge in [-0.3, -0.25) is 0 Å². The summed E-state index contributed by atoms with van der Waals surface area (Å²) < 4.78 is 27.7. The van der Waals surface area contributed by atoms with Crippen molar-refractivity contribution in [2.24, 2.45) is 0 Å². The molecule has 0 radical (unpaired) electrons. The fourth-order valence-electron chi connectivity index (χ4n) is 2.87. The van der Waals surface area contributed by atoms with Gasteiger partial charge in [0.2, 0.25) is 0 Å². The first kappa shape index (κ1) is 11.4. The lowest BCUT2D eigenvalue weighted by Crippen LogP contribution is -1.85. The normalized spacial score (nSPS) is 11.5. The number of fused-ring (bicyclic) bond motifs is 5. The minimum atomic E-state index is -0.233. The Labute approximate surface area is 114 Å². The van der Waals surface area contributed by atoms with Crippen LogP contribution in [0.4, 0.5) is 8.78 Å². The average molecular weight is 264 g/mol. The van der Waals surface area contributed by atoms with Crippen molar-refractivity contribution in [3.05, 3.63) is 72.3 Å². The van der Waals surface area contributed by atoms with Gasteiger partial charge in [-0.1, -0.05) is 48.5 Å². The van der Waals surface area contributed by atoms with Crippen molar-refractivity contribution < 1.29 is 8.78 Å². The maximum atomic E-state index is 13.8. The maximum Gasteiger partial charge on any atom is 0.131 e. The number of halogens is 2. The van der Waals surface area contributed by atoms with Crippen LogP contribution < -0.4 is 0 Å². The molecule has 0 aliphatic rings. The van der Waals surface area contributed by atoms with E-state index in [4.69, 9.17) is 0 Å². The predicted octanol–water partition coefficient (Wildman–Crippen LogP) is 5.42. The Morgan fingerprint density at radius 3 is 1.20 bits per heavy atom. The molecule has 4 aromatic carbocycles. The van der Waals surface area contributed by atoms with Gasteiger partial charge in [0.1, 0.15) is 11.6 Å². The second kappa shape index (κ2) is 4.01. The van der Waals surface area contributed by atoms with Crippen LogP contribution in [-0.4, -0.2) is 0 Å². The van der Waals surface area contributed by atoms with Crippen LogP contribution in [0.15, 0.2) is 60.7 Å². The van der Waals surface area contributed by atoms with Gasteiger partial charge in [0.15, 0.2) is 0 Å². The molecule has 0 unspecified atom stereocenters. The van der Waals surface area contributed by atoms with E-state index < -0.39 is 0 Å². The zero-order chi connectivity index (χ0) is 13.7. The summed E-state index contributed by atoms with van der Waals surface area (Å²) in [7, 11) is 0. The Morgan fingerprint density at radius 1 is 0.400 bits per heavy atom. The number of rotatable bonds is 0. The summed E-state index contributed by atoms with van der Waals surface area (Å²) in [5.41, 5.74) is 0. The SMILES string of the molecule is Fc1cccc2c1ccc1c3cccc(F)c3ccc21. The first-order valence-electron chi connectivity index (χ1n) is 6.44. The second-order valence-electron chi connectivity index (χ2n) is 4.90. The minimum absolute atomic E-state index is 0.233. The Morgan fingerprint density at radius 2 is 0.750 bits per heavy atom. The third-order valence-corrected chi connectivity index (χ3v) is 3.81. The number of hydrogen-bond acceptors (Lipinski definition) is 0. The molecular formula is C18H10F2. The predicted molar refractivity (Wildman–Crippen MR) is 78.9 cm³/mol. The van der Waals surface area contributed by atoms with E-state index in [2.05, 4.69) is 0 Å². The van der Waals surface area contributed by atoms with Crippen LogP contribution in [0.2, 0.25) is 0 Å². The summed E-state index contributed by atoms with van der Waals surface area (Å²) >= 11 is 0. The molecule has 0 spiro atoms. The molecule has 0 saturated heterocycles. The molecule has 0 amide bonds. The third-order valence-electron chi connectivity index (χ3n) is 3.81. The lowest BCUT2D eigenvalue weighted by atomic mass is 9.97. The van der Waals surface area contributed by atoms with E-state index >= 15 is 0 Å². The molecule has 0 aliphatic heterocycles. The summed E-state index contributed by atoms with van der Waals surface area (Å²) in [4.78, 5) is 0. The molecule has 0 heterocycles. The number of benzene rings is 4. The van der Waals surface area contributed by atoms with Crippen LogP contribution in [0.5, 0.6) is 0 Å². The lowest BCUT2D eigenvalue weighted by Gasteiger charge is -2.08. The quantitative estimate of drug-likeness (QED) is 0.372. The summed E-state index contributed by atoms with van der Waals surface area (Å²) in [6, 6.07) is 17.3. The monoisotopic (exact) mass is 264 g/mol. The Bertz CT molecular complexity index is 890. The Hall–Kier alpha value is -2.48. The first-order chi connectivity index (χ1) is 9.75. The van der Waals surface area contributed by atoms with Crippen molar-refractivity contribution in [1.29, 1.82) is 0 Å². The highest BCUT2D eigenvalue weighted by atomic mass is 19.1. The molecule has 0 nitrogen and oxygen atoms in total. The Balaban J connectivity index is 2.28. The van der Waals surface area contributed by atoms with Crippen molar-refractivity contribution in [2.75, 3.05) is 0 Å². The van der Waals surface area contributed by atoms with Crippen molar-refractivity contribution >= 4 is 32.3 Å². The van der Waals surface area contributed by atoms with Crippen molar-refractivity contribution in [2.45, 2.75) is 0 Å². The lowest BCUT2D eigenvalue weighted by molar-refractivity contribution is 0.639. The summed E-state index contributed by atoms with van der Waals surface area (Å²) in [5.74, 6) is -0.465. The molecular weight excluding hydrogens is 254 g/mol. The molecule has 96 valence electrons. The van der Waals surface area contributed by atoms with E-state index in [1.54, 1.807) is 24.3 Å². The third kappa shape index (κ3) is 1.45. The van der Waals surface area contributed by atoms with Gasteiger partial charge < -0.3 is 0 Å². The molecule has 2 heteroatoms. The molecule has 0 aromatic heterocycles. The molecule has 20 heavy (non-hydrogen) atoms. The van der Waals surface area contributed by atoms with Gasteiger partial charge in [-0.15, -0.1) is 0 Å². The van der Waals surface area contributed by atoms with Gasteiger partial charge in [0, 0.05) is 10.8 Å². The first-order valence-corrected chi connectivity index (χ1v) is 6.44. The van der Waals surface area contributed by atoms with E-state index in [9.17, 15) is 8.78 Å². The fraction of sp³-hybridized carbons (Fsp3) is 0. The van der Waals surface area contributed by atoms with Crippen LogP contribution in [-0.2, 0) is 0 Å². The smallest absolute Gasteiger partial charge is 0.131 e. The average Bonchev–Trinajstić information content (AvgIpc) is 2.47. The van der Waals surface area contributed by atoms with E-state index in [-0.39, 0.29) is 11.6 Å². The molecule has 0 aliphatic carbocycles. The molecule has 4 aromatic rings. The summed E-state index contributed by atoms with van der Waals surface area (Å²) in [6.45, 7) is 0. The van der Waals surface area contributed by atoms with Crippen molar-refractivity contribution in [3.8, 4) is 0 Å². The zero-order valence-electron chi connectivity index (χ0n) is 10.5. The summed E-state index contributed by atoms with van der Waals surface area (Å²) in [5, 5.41) is 4.79. The van der Waals surface area contributed by atoms with Crippen LogP contribution in [0.1, 0.15) is 0 Å². The largest absolute Gasteiger partial charge is 0.206 e. The molecule has 4 rings (SSSR count). The minimum Gasteiger partial charge on any atom is -0.206 e. The van der Waals surface area contributed by atoms with E-state index in [0.717, 1.165) is 21.5 Å². The van der Waals surface area contributed by atoms with Crippen LogP contribution >= 0.6 is 0 Å². The van der Waals surface area contributed by atoms with Crippen LogP contribution in [0.25, 0.3) is 32.3 Å². The highest BCUT2D eigenvalue weighted by Crippen LogP contribution is 2.32. The highest BCUT2D eigenvalue weighted by Gasteiger charge is 2.08. The van der Waals surface area contributed by atoms with Gasteiger partial charge in [-0.05, 0) is 33.7 Å². The van der Waals surface area contributed by atoms with E-state index in [1.165, 1.54) is 12.1 Å². The fourth-order valence-corrected chi connectivity index (χ4v) is 2.87. The van der Waals surface area contributed by atoms with Crippen LogP contribution in [0, 0.1) is 11.6 Å². The summed E-state index contributed by atoms with van der Waals surface area (Å²) in [6.07, 6.45) is 0. The molecule has 0 bridgehead atoms. The molecule has 0 atom stereocenters. The standard InChI is InChI=1S/C18H10F2/c19-17-5-1-3-11-13-7-10-16-12(4-2-6-18(16)20)14(13)8-9-15(11)17/h1-10H. The van der Waals surface area contributed by atoms with Gasteiger partial charge in [-0.25, -0.2) is 8.78 Å². The van der Waals surface area contributed by atoms with Crippen LogP contribution in [0.3, 0.4) is 0 Å². The van der Waals surface area contributed by atoms with Gasteiger partial charge in [-0.2, -0.15) is 0 Å². The van der Waals surface area contributed by atoms with Crippen molar-refractivity contribution in [1.82, 2.24) is 0 Å². The number of hydrogen-bond donors (Lipinski definition) is 0. The Kier molecular flexibility index (Phi) is 2.27. The van der Waals surface area contributed by atoms with Gasteiger partial charge in [0.25, 0.3) is 0 Å². The molecule has 0 N–H and O–H groups in total. The zero-order valence-corrected chi connectivity index (χ0v) is 10.5. The van der Waals surface area contributed by atoms with Gasteiger partial charge >= 0.3 is 0 Å². The van der Waals surface area contributed by atoms with E-state index in [0.29, 0.717) is 10.8 Å². The van der Waals surface area contributed by atoms with Gasteiger partial charge in [0.05, 0.1) is 0 Å². The molecule has 0 saturated carbocycles. The highest BCUT2D eigenvalue weighted by molar-refractivity contribution is 6.17. The second-order valence-corrected chi connectivity index (χ2v) is 4.90.